The molecule has 1 aromatic heterocycles. The summed E-state index contributed by atoms with van der Waals surface area (Å²) >= 11 is 0. The molecule has 1 aliphatic rings. The highest BCUT2D eigenvalue weighted by Gasteiger charge is 2.31. The Bertz CT molecular complexity index is 1040. The first kappa shape index (κ1) is 21.3. The number of morpholine rings is 1. The molecule has 164 valence electrons. The highest BCUT2D eigenvalue weighted by Crippen LogP contribution is 2.34. The van der Waals surface area contributed by atoms with Crippen molar-refractivity contribution in [2.24, 2.45) is 0 Å². The number of benzene rings is 2. The van der Waals surface area contributed by atoms with Crippen LogP contribution in [0.3, 0.4) is 0 Å². The number of fused-ring (bicyclic) bond motifs is 1. The van der Waals surface area contributed by atoms with Gasteiger partial charge in [-0.2, -0.15) is 13.2 Å². The number of nitrogens with zero attached hydrogens (tertiary/aromatic N) is 3. The summed E-state index contributed by atoms with van der Waals surface area (Å²) in [6.45, 7) is 4.33. The number of methoxy groups -OCH3 is 1. The van der Waals surface area contributed by atoms with Gasteiger partial charge in [0, 0.05) is 37.1 Å². The zero-order chi connectivity index (χ0) is 21.8. The standard InChI is InChI=1S/C22H23F3N4O2/c1-30-17-5-2-15(3-6-17)20-27-19-7-4-16(22(23,24)25)14-18(19)21(28-20)26-8-9-29-10-12-31-13-11-29/h2-7,14H,8-13H2,1H3,(H,26,27,28). The molecule has 0 radical (unpaired) electrons. The van der Waals surface area contributed by atoms with Crippen LogP contribution in [0.25, 0.3) is 22.3 Å². The maximum atomic E-state index is 13.3. The third-order valence-corrected chi connectivity index (χ3v) is 5.20. The molecule has 0 bridgehead atoms. The van der Waals surface area contributed by atoms with Gasteiger partial charge in [0.2, 0.25) is 0 Å². The van der Waals surface area contributed by atoms with Crippen LogP contribution in [0.5, 0.6) is 5.75 Å². The Kier molecular flexibility index (Phi) is 6.24. The largest absolute Gasteiger partial charge is 0.497 e. The molecule has 0 saturated carbocycles. The van der Waals surface area contributed by atoms with E-state index in [0.717, 1.165) is 37.3 Å². The molecule has 1 N–H and O–H groups in total. The smallest absolute Gasteiger partial charge is 0.416 e. The molecule has 0 amide bonds. The van der Waals surface area contributed by atoms with Gasteiger partial charge < -0.3 is 14.8 Å². The van der Waals surface area contributed by atoms with Crippen LogP contribution in [0.1, 0.15) is 5.56 Å². The molecule has 2 aromatic carbocycles. The third kappa shape index (κ3) is 5.05. The fraction of sp³-hybridized carbons (Fsp3) is 0.364. The van der Waals surface area contributed by atoms with Gasteiger partial charge in [-0.3, -0.25) is 4.90 Å². The van der Waals surface area contributed by atoms with Crippen molar-refractivity contribution < 1.29 is 22.6 Å². The SMILES string of the molecule is COc1ccc(-c2nc(NCCN3CCOCC3)c3cc(C(F)(F)F)ccc3n2)cc1. The van der Waals surface area contributed by atoms with Crippen LogP contribution in [-0.4, -0.2) is 61.4 Å². The summed E-state index contributed by atoms with van der Waals surface area (Å²) in [7, 11) is 1.58. The fourth-order valence-electron chi connectivity index (χ4n) is 3.47. The van der Waals surface area contributed by atoms with E-state index in [1.54, 1.807) is 19.2 Å². The molecule has 6 nitrogen and oxygen atoms in total. The van der Waals surface area contributed by atoms with Gasteiger partial charge in [-0.15, -0.1) is 0 Å². The number of halogens is 3. The van der Waals surface area contributed by atoms with Crippen LogP contribution >= 0.6 is 0 Å². The highest BCUT2D eigenvalue weighted by atomic mass is 19.4. The first-order valence-corrected chi connectivity index (χ1v) is 10.0. The molecule has 1 aliphatic heterocycles. The topological polar surface area (TPSA) is 59.5 Å². The molecular weight excluding hydrogens is 409 g/mol. The molecule has 2 heterocycles. The van der Waals surface area contributed by atoms with Crippen molar-refractivity contribution in [3.05, 3.63) is 48.0 Å². The lowest BCUT2D eigenvalue weighted by Crippen LogP contribution is -2.39. The number of ether oxygens (including phenoxy) is 2. The van der Waals surface area contributed by atoms with Crippen molar-refractivity contribution in [1.29, 1.82) is 0 Å². The summed E-state index contributed by atoms with van der Waals surface area (Å²) in [6.07, 6.45) is -4.44. The number of hydrogen-bond donors (Lipinski definition) is 1. The van der Waals surface area contributed by atoms with E-state index >= 15 is 0 Å². The van der Waals surface area contributed by atoms with Crippen LogP contribution < -0.4 is 10.1 Å². The van der Waals surface area contributed by atoms with E-state index in [1.807, 2.05) is 12.1 Å². The Morgan fingerprint density at radius 3 is 2.48 bits per heavy atom. The van der Waals surface area contributed by atoms with Crippen molar-refractivity contribution in [3.8, 4) is 17.1 Å². The second-order valence-corrected chi connectivity index (χ2v) is 7.23. The van der Waals surface area contributed by atoms with E-state index < -0.39 is 11.7 Å². The van der Waals surface area contributed by atoms with Crippen molar-refractivity contribution in [3.63, 3.8) is 0 Å². The van der Waals surface area contributed by atoms with Gasteiger partial charge in [-0.1, -0.05) is 0 Å². The molecule has 3 aromatic rings. The van der Waals surface area contributed by atoms with Crippen molar-refractivity contribution in [2.75, 3.05) is 51.8 Å². The number of hydrogen-bond acceptors (Lipinski definition) is 6. The number of alkyl halides is 3. The molecular formula is C22H23F3N4O2. The minimum absolute atomic E-state index is 0.342. The molecule has 4 rings (SSSR count). The lowest BCUT2D eigenvalue weighted by molar-refractivity contribution is -0.137. The average Bonchev–Trinajstić information content (AvgIpc) is 2.78. The summed E-state index contributed by atoms with van der Waals surface area (Å²) in [4.78, 5) is 11.3. The summed E-state index contributed by atoms with van der Waals surface area (Å²) in [5.41, 5.74) is 0.471. The number of rotatable bonds is 6. The highest BCUT2D eigenvalue weighted by molar-refractivity contribution is 5.91. The monoisotopic (exact) mass is 432 g/mol. The van der Waals surface area contributed by atoms with Gasteiger partial charge in [0.1, 0.15) is 11.6 Å². The van der Waals surface area contributed by atoms with Gasteiger partial charge in [0.05, 0.1) is 31.4 Å². The minimum Gasteiger partial charge on any atom is -0.497 e. The zero-order valence-electron chi connectivity index (χ0n) is 17.1. The predicted molar refractivity (Wildman–Crippen MR) is 112 cm³/mol. The van der Waals surface area contributed by atoms with E-state index in [9.17, 15) is 13.2 Å². The van der Waals surface area contributed by atoms with Crippen molar-refractivity contribution in [1.82, 2.24) is 14.9 Å². The molecule has 0 spiro atoms. The molecule has 1 saturated heterocycles. The molecule has 1 fully saturated rings. The Hall–Kier alpha value is -2.91. The Morgan fingerprint density at radius 2 is 1.81 bits per heavy atom. The Morgan fingerprint density at radius 1 is 1.06 bits per heavy atom. The van der Waals surface area contributed by atoms with E-state index in [1.165, 1.54) is 6.07 Å². The van der Waals surface area contributed by atoms with Gasteiger partial charge in [0.25, 0.3) is 0 Å². The first-order chi connectivity index (χ1) is 14.9. The van der Waals surface area contributed by atoms with Crippen molar-refractivity contribution >= 4 is 16.7 Å². The lowest BCUT2D eigenvalue weighted by atomic mass is 10.1. The van der Waals surface area contributed by atoms with Gasteiger partial charge >= 0.3 is 6.18 Å². The normalized spacial score (nSPS) is 15.2. The first-order valence-electron chi connectivity index (χ1n) is 10.0. The maximum Gasteiger partial charge on any atom is 0.416 e. The summed E-state index contributed by atoms with van der Waals surface area (Å²) in [5.74, 6) is 1.52. The summed E-state index contributed by atoms with van der Waals surface area (Å²) in [5, 5.41) is 3.56. The average molecular weight is 432 g/mol. The molecule has 31 heavy (non-hydrogen) atoms. The van der Waals surface area contributed by atoms with Gasteiger partial charge in [-0.05, 0) is 42.5 Å². The van der Waals surface area contributed by atoms with Gasteiger partial charge in [0.15, 0.2) is 5.82 Å². The fourth-order valence-corrected chi connectivity index (χ4v) is 3.47. The van der Waals surface area contributed by atoms with Crippen LogP contribution in [-0.2, 0) is 10.9 Å². The Balaban J connectivity index is 1.67. The zero-order valence-corrected chi connectivity index (χ0v) is 17.1. The van der Waals surface area contributed by atoms with Crippen molar-refractivity contribution in [2.45, 2.75) is 6.18 Å². The van der Waals surface area contributed by atoms with E-state index in [0.29, 0.717) is 48.1 Å². The Labute approximate surface area is 178 Å². The molecule has 9 heteroatoms. The summed E-state index contributed by atoms with van der Waals surface area (Å²) < 4.78 is 50.3. The number of anilines is 1. The molecule has 0 unspecified atom stereocenters. The summed E-state index contributed by atoms with van der Waals surface area (Å²) in [6, 6.07) is 10.8. The number of aromatic nitrogens is 2. The maximum absolute atomic E-state index is 13.3. The van der Waals surface area contributed by atoms with Gasteiger partial charge in [-0.25, -0.2) is 9.97 Å². The predicted octanol–water partition coefficient (Wildman–Crippen LogP) is 4.07. The second kappa shape index (κ2) is 9.07. The van der Waals surface area contributed by atoms with E-state index in [4.69, 9.17) is 9.47 Å². The second-order valence-electron chi connectivity index (χ2n) is 7.23. The van der Waals surface area contributed by atoms with E-state index in [2.05, 4.69) is 20.2 Å². The van der Waals surface area contributed by atoms with Crippen LogP contribution in [0, 0.1) is 0 Å². The third-order valence-electron chi connectivity index (χ3n) is 5.20. The molecule has 0 aliphatic carbocycles. The van der Waals surface area contributed by atoms with Crippen LogP contribution in [0.15, 0.2) is 42.5 Å². The van der Waals surface area contributed by atoms with E-state index in [-0.39, 0.29) is 0 Å². The minimum atomic E-state index is -4.44. The van der Waals surface area contributed by atoms with Crippen LogP contribution in [0.4, 0.5) is 19.0 Å². The molecule has 0 atom stereocenters. The quantitative estimate of drug-likeness (QED) is 0.634. The number of nitrogens with one attached hydrogen (secondary N) is 1. The lowest BCUT2D eigenvalue weighted by Gasteiger charge is -2.26. The van der Waals surface area contributed by atoms with Crippen LogP contribution in [0.2, 0.25) is 0 Å².